The Morgan fingerprint density at radius 1 is 1.33 bits per heavy atom. The Balaban J connectivity index is 4.74. The largest absolute Gasteiger partial charge is 0.427 e. The van der Waals surface area contributed by atoms with Gasteiger partial charge in [-0.2, -0.15) is 0 Å². The van der Waals surface area contributed by atoms with Crippen molar-refractivity contribution in [3.8, 4) is 0 Å². The smallest absolute Gasteiger partial charge is 0.332 e. The van der Waals surface area contributed by atoms with Gasteiger partial charge in [0.15, 0.2) is 0 Å². The Morgan fingerprint density at radius 3 is 2.22 bits per heavy atom. The highest BCUT2D eigenvalue weighted by Crippen LogP contribution is 2.18. The molecule has 5 atom stereocenters. The lowest BCUT2D eigenvalue weighted by Crippen LogP contribution is -2.56. The zero-order chi connectivity index (χ0) is 14.5. The average molecular weight is 266 g/mol. The predicted octanol–water partition coefficient (Wildman–Crippen LogP) is -3.14. The van der Waals surface area contributed by atoms with Crippen molar-refractivity contribution < 1.29 is 40.2 Å². The van der Waals surface area contributed by atoms with E-state index in [1.54, 1.807) is 0 Å². The van der Waals surface area contributed by atoms with Crippen LogP contribution in [-0.2, 0) is 9.53 Å². The molecule has 0 bridgehead atoms. The minimum atomic E-state index is -2.50. The summed E-state index contributed by atoms with van der Waals surface area (Å²) in [6.07, 6.45) is -7.07. The molecule has 0 aromatic rings. The van der Waals surface area contributed by atoms with E-state index >= 15 is 0 Å². The Bertz CT molecular complexity index is 290. The number of rotatable bonds is 7. The van der Waals surface area contributed by atoms with Crippen LogP contribution < -0.4 is 0 Å². The molecular formula is C10H18O8. The molecule has 0 fully saturated rings. The van der Waals surface area contributed by atoms with Gasteiger partial charge in [-0.3, -0.25) is 0 Å². The molecule has 1 unspecified atom stereocenters. The number of aliphatic hydroxyl groups is 6. The van der Waals surface area contributed by atoms with Gasteiger partial charge in [0.05, 0.1) is 6.61 Å². The van der Waals surface area contributed by atoms with Gasteiger partial charge in [-0.05, 0) is 0 Å². The fraction of sp³-hybridized carbons (Fsp3) is 0.700. The van der Waals surface area contributed by atoms with Crippen LogP contribution in [0.2, 0.25) is 0 Å². The third kappa shape index (κ3) is 4.33. The first-order valence-corrected chi connectivity index (χ1v) is 5.08. The summed E-state index contributed by atoms with van der Waals surface area (Å²) in [5.74, 6) is -3.55. The van der Waals surface area contributed by atoms with Gasteiger partial charge in [0, 0.05) is 13.0 Å². The Morgan fingerprint density at radius 2 is 1.83 bits per heavy atom. The fourth-order valence-corrected chi connectivity index (χ4v) is 1.14. The van der Waals surface area contributed by atoms with Gasteiger partial charge in [-0.1, -0.05) is 6.58 Å². The Hall–Kier alpha value is -1.03. The van der Waals surface area contributed by atoms with Crippen LogP contribution in [0, 0.1) is 0 Å². The van der Waals surface area contributed by atoms with Crippen molar-refractivity contribution in [2.75, 3.05) is 6.61 Å². The number of aliphatic hydroxyl groups excluding tert-OH is 5. The summed E-state index contributed by atoms with van der Waals surface area (Å²) < 4.78 is 4.37. The van der Waals surface area contributed by atoms with Crippen LogP contribution in [0.5, 0.6) is 0 Å². The Kier molecular flexibility index (Phi) is 6.39. The van der Waals surface area contributed by atoms with Gasteiger partial charge in [0.2, 0.25) is 5.79 Å². The molecule has 8 nitrogen and oxygen atoms in total. The van der Waals surface area contributed by atoms with Crippen molar-refractivity contribution in [1.82, 2.24) is 0 Å². The first-order valence-electron chi connectivity index (χ1n) is 5.08. The minimum absolute atomic E-state index is 0.729. The average Bonchev–Trinajstić information content (AvgIpc) is 2.34. The van der Waals surface area contributed by atoms with Gasteiger partial charge in [0.1, 0.15) is 24.4 Å². The van der Waals surface area contributed by atoms with Crippen molar-refractivity contribution in [3.05, 3.63) is 12.7 Å². The molecule has 106 valence electrons. The third-order valence-electron chi connectivity index (χ3n) is 2.28. The van der Waals surface area contributed by atoms with Crippen LogP contribution in [0.15, 0.2) is 12.7 Å². The normalized spacial score (nSPS) is 21.3. The molecular weight excluding hydrogens is 248 g/mol. The van der Waals surface area contributed by atoms with Crippen LogP contribution in [0.4, 0.5) is 0 Å². The number of hydrogen-bond donors (Lipinski definition) is 6. The number of hydrogen-bond acceptors (Lipinski definition) is 8. The molecule has 0 saturated carbocycles. The molecule has 0 amide bonds. The van der Waals surface area contributed by atoms with Gasteiger partial charge in [-0.15, -0.1) is 0 Å². The predicted molar refractivity (Wildman–Crippen MR) is 58.0 cm³/mol. The summed E-state index contributed by atoms with van der Waals surface area (Å²) in [4.78, 5) is 10.9. The third-order valence-corrected chi connectivity index (χ3v) is 2.28. The molecule has 0 aromatic heterocycles. The Labute approximate surface area is 103 Å². The maximum atomic E-state index is 10.9. The topological polar surface area (TPSA) is 148 Å². The van der Waals surface area contributed by atoms with Crippen molar-refractivity contribution >= 4 is 5.97 Å². The lowest BCUT2D eigenvalue weighted by atomic mass is 9.98. The highest BCUT2D eigenvalue weighted by molar-refractivity contribution is 5.81. The molecule has 0 heterocycles. The van der Waals surface area contributed by atoms with E-state index in [9.17, 15) is 25.2 Å². The van der Waals surface area contributed by atoms with E-state index in [2.05, 4.69) is 11.3 Å². The van der Waals surface area contributed by atoms with E-state index in [-0.39, 0.29) is 0 Å². The van der Waals surface area contributed by atoms with E-state index in [4.69, 9.17) is 10.2 Å². The summed E-state index contributed by atoms with van der Waals surface area (Å²) in [5.41, 5.74) is 0. The van der Waals surface area contributed by atoms with Crippen molar-refractivity contribution in [3.63, 3.8) is 0 Å². The SMILES string of the molecule is C=CC(=O)OC(C)(O)[C@H](O)[C@H](O)[C@H](O)[C@@H](O)CO. The molecule has 0 aromatic carbocycles. The molecule has 8 heteroatoms. The molecule has 6 N–H and O–H groups in total. The quantitative estimate of drug-likeness (QED) is 0.161. The number of ether oxygens (including phenoxy) is 1. The highest BCUT2D eigenvalue weighted by atomic mass is 16.7. The number of esters is 1. The van der Waals surface area contributed by atoms with Gasteiger partial charge in [-0.25, -0.2) is 4.79 Å². The number of carbonyl (C=O) groups is 1. The van der Waals surface area contributed by atoms with E-state index in [0.29, 0.717) is 0 Å². The van der Waals surface area contributed by atoms with E-state index in [1.807, 2.05) is 0 Å². The molecule has 0 rings (SSSR count). The van der Waals surface area contributed by atoms with Gasteiger partial charge >= 0.3 is 5.97 Å². The summed E-state index contributed by atoms with van der Waals surface area (Å²) in [6, 6.07) is 0. The van der Waals surface area contributed by atoms with Crippen LogP contribution in [-0.4, -0.2) is 73.4 Å². The molecule has 0 saturated heterocycles. The maximum absolute atomic E-state index is 10.9. The van der Waals surface area contributed by atoms with Gasteiger partial charge in [0.25, 0.3) is 0 Å². The molecule has 0 aliphatic rings. The summed E-state index contributed by atoms with van der Waals surface area (Å²) in [7, 11) is 0. The molecule has 0 radical (unpaired) electrons. The standard InChI is InChI=1S/C10H18O8/c1-3-6(13)18-10(2,17)9(16)8(15)7(14)5(12)4-11/h3,5,7-9,11-12,14-17H,1,4H2,2H3/t5-,7+,8+,9+,10?/m0/s1. The van der Waals surface area contributed by atoms with Gasteiger partial charge < -0.3 is 35.4 Å². The van der Waals surface area contributed by atoms with Crippen LogP contribution in [0.3, 0.4) is 0 Å². The molecule has 0 aliphatic carbocycles. The first-order chi connectivity index (χ1) is 8.17. The zero-order valence-corrected chi connectivity index (χ0v) is 9.80. The van der Waals surface area contributed by atoms with Crippen molar-refractivity contribution in [2.45, 2.75) is 37.1 Å². The summed E-state index contributed by atoms with van der Waals surface area (Å²) in [5, 5.41) is 55.5. The lowest BCUT2D eigenvalue weighted by Gasteiger charge is -2.34. The van der Waals surface area contributed by atoms with Crippen LogP contribution in [0.25, 0.3) is 0 Å². The molecule has 0 aliphatic heterocycles. The molecule has 18 heavy (non-hydrogen) atoms. The second-order valence-corrected chi connectivity index (χ2v) is 3.86. The summed E-state index contributed by atoms with van der Waals surface area (Å²) >= 11 is 0. The van der Waals surface area contributed by atoms with E-state index in [1.165, 1.54) is 0 Å². The second-order valence-electron chi connectivity index (χ2n) is 3.86. The van der Waals surface area contributed by atoms with Crippen molar-refractivity contribution in [2.24, 2.45) is 0 Å². The number of carbonyl (C=O) groups excluding carboxylic acids is 1. The zero-order valence-electron chi connectivity index (χ0n) is 9.80. The monoisotopic (exact) mass is 266 g/mol. The fourth-order valence-electron chi connectivity index (χ4n) is 1.14. The van der Waals surface area contributed by atoms with Crippen molar-refractivity contribution in [1.29, 1.82) is 0 Å². The first kappa shape index (κ1) is 17.0. The summed E-state index contributed by atoms with van der Waals surface area (Å²) in [6.45, 7) is 3.09. The van der Waals surface area contributed by atoms with E-state index in [0.717, 1.165) is 13.0 Å². The molecule has 0 spiro atoms. The minimum Gasteiger partial charge on any atom is -0.427 e. The van der Waals surface area contributed by atoms with E-state index < -0.39 is 42.8 Å². The second kappa shape index (κ2) is 6.78. The van der Waals surface area contributed by atoms with Crippen LogP contribution >= 0.6 is 0 Å². The lowest BCUT2D eigenvalue weighted by molar-refractivity contribution is -0.262. The maximum Gasteiger partial charge on any atom is 0.332 e. The highest BCUT2D eigenvalue weighted by Gasteiger charge is 2.43. The van der Waals surface area contributed by atoms with Crippen LogP contribution in [0.1, 0.15) is 6.92 Å².